The molecule has 18 heavy (non-hydrogen) atoms. The van der Waals surface area contributed by atoms with E-state index < -0.39 is 0 Å². The fourth-order valence-corrected chi connectivity index (χ4v) is 1.52. The molecule has 0 fully saturated rings. The molecular weight excluding hydrogens is 228 g/mol. The van der Waals surface area contributed by atoms with Crippen LogP contribution in [0.5, 0.6) is 5.75 Å². The molecule has 0 aromatic heterocycles. The fraction of sp³-hybridized carbons (Fsp3) is 0.500. The van der Waals surface area contributed by atoms with Gasteiger partial charge in [0.1, 0.15) is 12.4 Å². The van der Waals surface area contributed by atoms with Crippen molar-refractivity contribution in [3.8, 4) is 5.75 Å². The number of hydrogen-bond donors (Lipinski definition) is 2. The lowest BCUT2D eigenvalue weighted by Gasteiger charge is -2.10. The predicted octanol–water partition coefficient (Wildman–Crippen LogP) is 1.62. The van der Waals surface area contributed by atoms with Crippen molar-refractivity contribution < 1.29 is 9.53 Å². The van der Waals surface area contributed by atoms with Crippen LogP contribution in [-0.2, 0) is 4.79 Å². The monoisotopic (exact) mass is 250 g/mol. The zero-order valence-electron chi connectivity index (χ0n) is 11.1. The first kappa shape index (κ1) is 14.5. The number of ether oxygens (including phenoxy) is 1. The predicted molar refractivity (Wildman–Crippen MR) is 72.6 cm³/mol. The summed E-state index contributed by atoms with van der Waals surface area (Å²) in [6.07, 6.45) is 1.19. The van der Waals surface area contributed by atoms with Gasteiger partial charge in [-0.1, -0.05) is 19.1 Å². The maximum atomic E-state index is 11.4. The molecule has 1 aromatic carbocycles. The Balaban J connectivity index is 2.17. The molecule has 0 bridgehead atoms. The van der Waals surface area contributed by atoms with Gasteiger partial charge in [0, 0.05) is 12.5 Å². The summed E-state index contributed by atoms with van der Waals surface area (Å²) in [7, 11) is 0. The maximum absolute atomic E-state index is 11.4. The van der Waals surface area contributed by atoms with E-state index in [1.165, 1.54) is 0 Å². The highest BCUT2D eigenvalue weighted by atomic mass is 16.5. The van der Waals surface area contributed by atoms with E-state index in [9.17, 15) is 4.79 Å². The smallest absolute Gasteiger partial charge is 0.221 e. The van der Waals surface area contributed by atoms with Gasteiger partial charge in [0.05, 0.1) is 6.54 Å². The normalized spacial score (nSPS) is 11.9. The molecule has 0 aliphatic carbocycles. The van der Waals surface area contributed by atoms with Gasteiger partial charge in [-0.15, -0.1) is 0 Å². The Morgan fingerprint density at radius 2 is 2.28 bits per heavy atom. The lowest BCUT2D eigenvalue weighted by Crippen LogP contribution is -2.33. The second-order valence-electron chi connectivity index (χ2n) is 4.39. The van der Waals surface area contributed by atoms with Crippen molar-refractivity contribution in [1.82, 2.24) is 5.32 Å². The maximum Gasteiger partial charge on any atom is 0.221 e. The number of amides is 1. The van der Waals surface area contributed by atoms with Gasteiger partial charge in [0.2, 0.25) is 5.91 Å². The summed E-state index contributed by atoms with van der Waals surface area (Å²) in [6.45, 7) is 4.96. The number of carbonyl (C=O) groups is 1. The summed E-state index contributed by atoms with van der Waals surface area (Å²) in [5.74, 6) is 0.812. The van der Waals surface area contributed by atoms with Crippen LogP contribution in [0.3, 0.4) is 0 Å². The summed E-state index contributed by atoms with van der Waals surface area (Å²) >= 11 is 0. The molecule has 1 amide bonds. The fourth-order valence-electron chi connectivity index (χ4n) is 1.52. The Kier molecular flexibility index (Phi) is 6.22. The minimum atomic E-state index is -0.0531. The lowest BCUT2D eigenvalue weighted by atomic mass is 10.1. The summed E-state index contributed by atoms with van der Waals surface area (Å²) in [4.78, 5) is 11.4. The van der Waals surface area contributed by atoms with Crippen molar-refractivity contribution in [2.45, 2.75) is 32.7 Å². The van der Waals surface area contributed by atoms with Crippen molar-refractivity contribution in [2.24, 2.45) is 5.73 Å². The SMILES string of the molecule is CCC(N)CC(=O)NCCOc1cccc(C)c1. The van der Waals surface area contributed by atoms with Crippen LogP contribution < -0.4 is 15.8 Å². The second-order valence-corrected chi connectivity index (χ2v) is 4.39. The first-order chi connectivity index (χ1) is 8.61. The van der Waals surface area contributed by atoms with Crippen LogP contribution in [0.4, 0.5) is 0 Å². The van der Waals surface area contributed by atoms with Crippen molar-refractivity contribution in [1.29, 1.82) is 0 Å². The van der Waals surface area contributed by atoms with Crippen molar-refractivity contribution in [2.75, 3.05) is 13.2 Å². The highest BCUT2D eigenvalue weighted by Crippen LogP contribution is 2.11. The van der Waals surface area contributed by atoms with E-state index >= 15 is 0 Å². The van der Waals surface area contributed by atoms with E-state index in [1.807, 2.05) is 38.1 Å². The standard InChI is InChI=1S/C14H22N2O2/c1-3-12(15)10-14(17)16-7-8-18-13-6-4-5-11(2)9-13/h4-6,9,12H,3,7-8,10,15H2,1-2H3,(H,16,17). The molecule has 100 valence electrons. The van der Waals surface area contributed by atoms with Gasteiger partial charge in [-0.3, -0.25) is 4.79 Å². The average Bonchev–Trinajstić information content (AvgIpc) is 2.34. The van der Waals surface area contributed by atoms with E-state index in [4.69, 9.17) is 10.5 Å². The molecule has 3 N–H and O–H groups in total. The molecule has 1 atom stereocenters. The lowest BCUT2D eigenvalue weighted by molar-refractivity contribution is -0.121. The third kappa shape index (κ3) is 5.68. The second kappa shape index (κ2) is 7.71. The van der Waals surface area contributed by atoms with Crippen molar-refractivity contribution in [3.05, 3.63) is 29.8 Å². The van der Waals surface area contributed by atoms with Crippen LogP contribution in [0.25, 0.3) is 0 Å². The minimum absolute atomic E-state index is 0.0165. The molecule has 0 saturated heterocycles. The third-order valence-corrected chi connectivity index (χ3v) is 2.65. The summed E-state index contributed by atoms with van der Waals surface area (Å²) in [6, 6.07) is 7.78. The number of nitrogens with one attached hydrogen (secondary N) is 1. The molecule has 0 heterocycles. The summed E-state index contributed by atoms with van der Waals surface area (Å²) < 4.78 is 5.52. The Hall–Kier alpha value is -1.55. The first-order valence-corrected chi connectivity index (χ1v) is 6.33. The quantitative estimate of drug-likeness (QED) is 0.723. The number of carbonyl (C=O) groups excluding carboxylic acids is 1. The Morgan fingerprint density at radius 3 is 2.94 bits per heavy atom. The van der Waals surface area contributed by atoms with Crippen LogP contribution in [-0.4, -0.2) is 25.1 Å². The van der Waals surface area contributed by atoms with E-state index in [0.717, 1.165) is 17.7 Å². The van der Waals surface area contributed by atoms with Crippen LogP contribution in [0, 0.1) is 6.92 Å². The topological polar surface area (TPSA) is 64.4 Å². The van der Waals surface area contributed by atoms with Gasteiger partial charge in [0.25, 0.3) is 0 Å². The van der Waals surface area contributed by atoms with E-state index in [0.29, 0.717) is 19.6 Å². The van der Waals surface area contributed by atoms with E-state index in [1.54, 1.807) is 0 Å². The molecule has 1 unspecified atom stereocenters. The van der Waals surface area contributed by atoms with Gasteiger partial charge in [0.15, 0.2) is 0 Å². The van der Waals surface area contributed by atoms with Crippen LogP contribution in [0.2, 0.25) is 0 Å². The van der Waals surface area contributed by atoms with Crippen LogP contribution in [0.1, 0.15) is 25.3 Å². The van der Waals surface area contributed by atoms with E-state index in [2.05, 4.69) is 5.32 Å². The number of rotatable bonds is 7. The van der Waals surface area contributed by atoms with Gasteiger partial charge in [-0.25, -0.2) is 0 Å². The number of hydrogen-bond acceptors (Lipinski definition) is 3. The Bertz CT molecular complexity index is 380. The zero-order valence-corrected chi connectivity index (χ0v) is 11.1. The van der Waals surface area contributed by atoms with Crippen molar-refractivity contribution >= 4 is 5.91 Å². The molecule has 0 aliphatic rings. The number of nitrogens with two attached hydrogens (primary N) is 1. The van der Waals surface area contributed by atoms with E-state index in [-0.39, 0.29) is 11.9 Å². The minimum Gasteiger partial charge on any atom is -0.492 e. The molecular formula is C14H22N2O2. The first-order valence-electron chi connectivity index (χ1n) is 6.33. The molecule has 4 nitrogen and oxygen atoms in total. The Morgan fingerprint density at radius 1 is 1.50 bits per heavy atom. The molecule has 0 spiro atoms. The highest BCUT2D eigenvalue weighted by molar-refractivity contribution is 5.76. The largest absolute Gasteiger partial charge is 0.492 e. The molecule has 0 saturated carbocycles. The summed E-state index contributed by atoms with van der Waals surface area (Å²) in [5, 5.41) is 2.79. The van der Waals surface area contributed by atoms with Crippen LogP contribution in [0.15, 0.2) is 24.3 Å². The molecule has 1 rings (SSSR count). The average molecular weight is 250 g/mol. The van der Waals surface area contributed by atoms with Crippen LogP contribution >= 0.6 is 0 Å². The summed E-state index contributed by atoms with van der Waals surface area (Å²) in [5.41, 5.74) is 6.85. The number of benzene rings is 1. The molecule has 0 aliphatic heterocycles. The highest BCUT2D eigenvalue weighted by Gasteiger charge is 2.06. The molecule has 4 heteroatoms. The molecule has 1 aromatic rings. The van der Waals surface area contributed by atoms with Gasteiger partial charge in [-0.2, -0.15) is 0 Å². The number of aryl methyl sites for hydroxylation is 1. The third-order valence-electron chi connectivity index (χ3n) is 2.65. The van der Waals surface area contributed by atoms with Gasteiger partial charge < -0.3 is 15.8 Å². The van der Waals surface area contributed by atoms with Crippen molar-refractivity contribution in [3.63, 3.8) is 0 Å². The zero-order chi connectivity index (χ0) is 13.4. The molecule has 0 radical (unpaired) electrons. The van der Waals surface area contributed by atoms with Gasteiger partial charge >= 0.3 is 0 Å². The van der Waals surface area contributed by atoms with Gasteiger partial charge in [-0.05, 0) is 31.0 Å². The Labute approximate surface area is 109 Å².